The van der Waals surface area contributed by atoms with E-state index in [0.717, 1.165) is 22.5 Å². The van der Waals surface area contributed by atoms with Crippen LogP contribution in [0.4, 0.5) is 0 Å². The minimum absolute atomic E-state index is 0.299. The van der Waals surface area contributed by atoms with E-state index in [1.807, 2.05) is 18.7 Å². The second-order valence-electron chi connectivity index (χ2n) is 4.91. The van der Waals surface area contributed by atoms with Crippen molar-refractivity contribution in [2.75, 3.05) is 0 Å². The minimum atomic E-state index is 0.299. The van der Waals surface area contributed by atoms with Crippen LogP contribution < -0.4 is 5.73 Å². The zero-order valence-corrected chi connectivity index (χ0v) is 11.6. The number of nitrogens with zero attached hydrogens (tertiary/aromatic N) is 2. The molecule has 1 fully saturated rings. The number of aromatic nitrogens is 2. The average Bonchev–Trinajstić information content (AvgIpc) is 2.58. The van der Waals surface area contributed by atoms with Gasteiger partial charge < -0.3 is 5.73 Å². The second-order valence-corrected chi connectivity index (χ2v) is 7.08. The molecule has 1 aromatic heterocycles. The third-order valence-electron chi connectivity index (χ3n) is 3.18. The highest BCUT2D eigenvalue weighted by Gasteiger charge is 2.33. The zero-order valence-electron chi connectivity index (χ0n) is 10.0. The molecular formula is C11H19N3S2. The average molecular weight is 257 g/mol. The fourth-order valence-electron chi connectivity index (χ4n) is 2.53. The van der Waals surface area contributed by atoms with Crippen LogP contribution in [0.3, 0.4) is 0 Å². The monoisotopic (exact) mass is 257 g/mol. The first-order chi connectivity index (χ1) is 7.56. The molecular weight excluding hydrogens is 238 g/mol. The topological polar surface area (TPSA) is 51.8 Å². The van der Waals surface area contributed by atoms with Gasteiger partial charge in [0.25, 0.3) is 0 Å². The predicted octanol–water partition coefficient (Wildman–Crippen LogP) is 2.70. The van der Waals surface area contributed by atoms with E-state index in [1.165, 1.54) is 18.0 Å². The summed E-state index contributed by atoms with van der Waals surface area (Å²) in [4.78, 5) is 4.41. The molecule has 0 bridgehead atoms. The van der Waals surface area contributed by atoms with Crippen LogP contribution in [0.25, 0.3) is 0 Å². The number of rotatable bonds is 2. The van der Waals surface area contributed by atoms with Gasteiger partial charge in [0.1, 0.15) is 5.82 Å². The molecule has 0 aliphatic heterocycles. The molecule has 0 aromatic carbocycles. The van der Waals surface area contributed by atoms with Gasteiger partial charge >= 0.3 is 0 Å². The summed E-state index contributed by atoms with van der Waals surface area (Å²) in [5.41, 5.74) is 6.25. The van der Waals surface area contributed by atoms with Crippen LogP contribution >= 0.6 is 23.3 Å². The number of hydrogen-bond donors (Lipinski definition) is 1. The second kappa shape index (κ2) is 5.02. The Kier molecular flexibility index (Phi) is 3.87. The lowest BCUT2D eigenvalue weighted by molar-refractivity contribution is 0.279. The molecule has 0 spiro atoms. The van der Waals surface area contributed by atoms with Crippen LogP contribution in [0.15, 0.2) is 4.34 Å². The van der Waals surface area contributed by atoms with Crippen LogP contribution in [0, 0.1) is 18.8 Å². The Morgan fingerprint density at radius 3 is 2.69 bits per heavy atom. The Bertz CT molecular complexity index is 341. The fraction of sp³-hybridized carbons (Fsp3) is 0.818. The van der Waals surface area contributed by atoms with E-state index < -0.39 is 0 Å². The van der Waals surface area contributed by atoms with Gasteiger partial charge in [0.15, 0.2) is 4.34 Å². The van der Waals surface area contributed by atoms with Crippen LogP contribution in [-0.2, 0) is 0 Å². The molecule has 3 nitrogen and oxygen atoms in total. The Balaban J connectivity index is 2.03. The van der Waals surface area contributed by atoms with Crippen molar-refractivity contribution in [1.29, 1.82) is 0 Å². The summed E-state index contributed by atoms with van der Waals surface area (Å²) in [6.45, 7) is 6.54. The van der Waals surface area contributed by atoms with Gasteiger partial charge in [-0.15, -0.1) is 0 Å². The van der Waals surface area contributed by atoms with Crippen LogP contribution in [0.2, 0.25) is 0 Å². The van der Waals surface area contributed by atoms with Gasteiger partial charge in [-0.2, -0.15) is 4.37 Å². The van der Waals surface area contributed by atoms with Crippen molar-refractivity contribution in [3.63, 3.8) is 0 Å². The fourth-order valence-corrected chi connectivity index (χ4v) is 4.62. The quantitative estimate of drug-likeness (QED) is 0.885. The van der Waals surface area contributed by atoms with Crippen molar-refractivity contribution in [2.45, 2.75) is 49.2 Å². The van der Waals surface area contributed by atoms with Crippen molar-refractivity contribution in [3.05, 3.63) is 5.82 Å². The molecule has 0 radical (unpaired) electrons. The summed E-state index contributed by atoms with van der Waals surface area (Å²) >= 11 is 3.32. The highest BCUT2D eigenvalue weighted by molar-refractivity contribution is 8.01. The molecule has 16 heavy (non-hydrogen) atoms. The normalized spacial score (nSPS) is 35.2. The van der Waals surface area contributed by atoms with E-state index in [-0.39, 0.29) is 0 Å². The standard InChI is InChI=1S/C11H19N3S2/c1-6-4-7(2)10(9(12)5-6)15-11-13-8(3)14-16-11/h6-7,9-10H,4-5,12H2,1-3H3. The molecule has 1 aliphatic carbocycles. The molecule has 1 aliphatic rings. The number of aryl methyl sites for hydroxylation is 1. The van der Waals surface area contributed by atoms with Gasteiger partial charge in [-0.25, -0.2) is 4.98 Å². The molecule has 1 heterocycles. The third kappa shape index (κ3) is 2.76. The van der Waals surface area contributed by atoms with Crippen molar-refractivity contribution in [3.8, 4) is 0 Å². The van der Waals surface area contributed by atoms with Gasteiger partial charge in [-0.05, 0) is 43.1 Å². The highest BCUT2D eigenvalue weighted by Crippen LogP contribution is 2.39. The molecule has 1 aromatic rings. The van der Waals surface area contributed by atoms with E-state index in [0.29, 0.717) is 17.2 Å². The van der Waals surface area contributed by atoms with Gasteiger partial charge in [0.2, 0.25) is 0 Å². The lowest BCUT2D eigenvalue weighted by Crippen LogP contribution is -2.42. The molecule has 90 valence electrons. The van der Waals surface area contributed by atoms with Crippen LogP contribution in [0.5, 0.6) is 0 Å². The van der Waals surface area contributed by atoms with E-state index in [1.54, 1.807) is 0 Å². The number of thioether (sulfide) groups is 1. The van der Waals surface area contributed by atoms with Gasteiger partial charge in [-0.3, -0.25) is 0 Å². The first-order valence-electron chi connectivity index (χ1n) is 5.79. The summed E-state index contributed by atoms with van der Waals surface area (Å²) in [5.74, 6) is 2.31. The SMILES string of the molecule is Cc1nsc(SC2C(C)CC(C)CC2N)n1. The Labute approximate surface area is 105 Å². The van der Waals surface area contributed by atoms with Gasteiger partial charge in [0, 0.05) is 11.3 Å². The predicted molar refractivity (Wildman–Crippen MR) is 69.8 cm³/mol. The van der Waals surface area contributed by atoms with E-state index in [2.05, 4.69) is 23.2 Å². The van der Waals surface area contributed by atoms with E-state index in [9.17, 15) is 0 Å². The largest absolute Gasteiger partial charge is 0.327 e. The maximum atomic E-state index is 6.25. The van der Waals surface area contributed by atoms with Crippen molar-refractivity contribution in [1.82, 2.24) is 9.36 Å². The van der Waals surface area contributed by atoms with Crippen LogP contribution in [0.1, 0.15) is 32.5 Å². The highest BCUT2D eigenvalue weighted by atomic mass is 32.2. The van der Waals surface area contributed by atoms with E-state index in [4.69, 9.17) is 5.73 Å². The third-order valence-corrected chi connectivity index (χ3v) is 5.67. The molecule has 0 saturated heterocycles. The maximum absolute atomic E-state index is 6.25. The maximum Gasteiger partial charge on any atom is 0.170 e. The van der Waals surface area contributed by atoms with Crippen LogP contribution in [-0.4, -0.2) is 20.6 Å². The van der Waals surface area contributed by atoms with Crippen molar-refractivity contribution < 1.29 is 0 Å². The first kappa shape index (κ1) is 12.3. The van der Waals surface area contributed by atoms with E-state index >= 15 is 0 Å². The summed E-state index contributed by atoms with van der Waals surface area (Å²) in [7, 11) is 0. The molecule has 4 atom stereocenters. The van der Waals surface area contributed by atoms with Gasteiger partial charge in [0.05, 0.1) is 0 Å². The number of hydrogen-bond acceptors (Lipinski definition) is 5. The Morgan fingerprint density at radius 2 is 2.12 bits per heavy atom. The Morgan fingerprint density at radius 1 is 1.38 bits per heavy atom. The Hall–Kier alpha value is -0.130. The van der Waals surface area contributed by atoms with Gasteiger partial charge in [-0.1, -0.05) is 25.6 Å². The summed E-state index contributed by atoms with van der Waals surface area (Å²) in [6.07, 6.45) is 2.42. The summed E-state index contributed by atoms with van der Waals surface area (Å²) in [6, 6.07) is 0.299. The lowest BCUT2D eigenvalue weighted by Gasteiger charge is -2.36. The molecule has 1 saturated carbocycles. The van der Waals surface area contributed by atoms with Crippen molar-refractivity contribution >= 4 is 23.3 Å². The molecule has 0 amide bonds. The minimum Gasteiger partial charge on any atom is -0.327 e. The first-order valence-corrected chi connectivity index (χ1v) is 7.44. The molecule has 4 unspecified atom stereocenters. The lowest BCUT2D eigenvalue weighted by atomic mass is 9.80. The zero-order chi connectivity index (χ0) is 11.7. The summed E-state index contributed by atoms with van der Waals surface area (Å²) < 4.78 is 5.28. The smallest absolute Gasteiger partial charge is 0.170 e. The van der Waals surface area contributed by atoms with Crippen molar-refractivity contribution in [2.24, 2.45) is 17.6 Å². The molecule has 2 N–H and O–H groups in total. The number of nitrogens with two attached hydrogens (primary N) is 1. The summed E-state index contributed by atoms with van der Waals surface area (Å²) in [5, 5.41) is 0.503. The molecule has 5 heteroatoms. The molecule has 2 rings (SSSR count).